The number of carbonyl (C=O) groups excluding carboxylic acids is 1. The fraction of sp³-hybridized carbons (Fsp3) is 0.538. The summed E-state index contributed by atoms with van der Waals surface area (Å²) in [6, 6.07) is 3.14. The molecule has 0 spiro atoms. The standard InChI is InChI=1S/C13H18N2O4/c1-9-8-19-10(2)6-15(9)12(16)7-14-5-3-4-11(14)13(17)18/h3-5,9-10H,6-8H2,1-2H3,(H,17,18). The molecule has 2 atom stereocenters. The van der Waals surface area contributed by atoms with Gasteiger partial charge in [0.25, 0.3) is 0 Å². The zero-order chi connectivity index (χ0) is 14.0. The van der Waals surface area contributed by atoms with E-state index in [-0.39, 0.29) is 30.3 Å². The van der Waals surface area contributed by atoms with E-state index in [1.165, 1.54) is 10.6 Å². The Morgan fingerprint density at radius 2 is 2.21 bits per heavy atom. The first-order chi connectivity index (χ1) is 8.99. The zero-order valence-electron chi connectivity index (χ0n) is 11.1. The number of ether oxygens (including phenoxy) is 1. The Balaban J connectivity index is 2.08. The summed E-state index contributed by atoms with van der Waals surface area (Å²) in [5.74, 6) is -1.11. The van der Waals surface area contributed by atoms with E-state index in [1.807, 2.05) is 13.8 Å². The van der Waals surface area contributed by atoms with Crippen molar-refractivity contribution in [2.24, 2.45) is 0 Å². The van der Waals surface area contributed by atoms with Crippen LogP contribution in [-0.2, 0) is 16.1 Å². The third kappa shape index (κ3) is 2.96. The maximum atomic E-state index is 12.3. The van der Waals surface area contributed by atoms with E-state index in [1.54, 1.807) is 17.2 Å². The summed E-state index contributed by atoms with van der Waals surface area (Å²) in [6.45, 7) is 4.96. The summed E-state index contributed by atoms with van der Waals surface area (Å²) in [4.78, 5) is 25.0. The zero-order valence-corrected chi connectivity index (χ0v) is 11.1. The van der Waals surface area contributed by atoms with Gasteiger partial charge in [0.1, 0.15) is 12.2 Å². The second-order valence-corrected chi connectivity index (χ2v) is 4.87. The molecule has 1 aromatic rings. The molecule has 6 heteroatoms. The quantitative estimate of drug-likeness (QED) is 0.879. The number of hydrogen-bond acceptors (Lipinski definition) is 3. The van der Waals surface area contributed by atoms with Crippen molar-refractivity contribution >= 4 is 11.9 Å². The third-order valence-electron chi connectivity index (χ3n) is 3.28. The molecule has 2 rings (SSSR count). The van der Waals surface area contributed by atoms with Crippen LogP contribution in [0.2, 0.25) is 0 Å². The first kappa shape index (κ1) is 13.6. The highest BCUT2D eigenvalue weighted by Gasteiger charge is 2.27. The van der Waals surface area contributed by atoms with Gasteiger partial charge in [-0.3, -0.25) is 4.79 Å². The number of rotatable bonds is 3. The average molecular weight is 266 g/mol. The van der Waals surface area contributed by atoms with Crippen LogP contribution in [0.4, 0.5) is 0 Å². The van der Waals surface area contributed by atoms with Crippen molar-refractivity contribution in [2.45, 2.75) is 32.5 Å². The molecule has 0 aromatic carbocycles. The minimum Gasteiger partial charge on any atom is -0.477 e. The minimum absolute atomic E-state index is 0.0174. The Morgan fingerprint density at radius 1 is 1.47 bits per heavy atom. The summed E-state index contributed by atoms with van der Waals surface area (Å²) >= 11 is 0. The summed E-state index contributed by atoms with van der Waals surface area (Å²) in [7, 11) is 0. The predicted molar refractivity (Wildman–Crippen MR) is 68.0 cm³/mol. The average Bonchev–Trinajstić information content (AvgIpc) is 2.80. The van der Waals surface area contributed by atoms with Gasteiger partial charge in [-0.15, -0.1) is 0 Å². The van der Waals surface area contributed by atoms with Crippen LogP contribution < -0.4 is 0 Å². The van der Waals surface area contributed by atoms with Crippen molar-refractivity contribution in [3.05, 3.63) is 24.0 Å². The number of hydrogen-bond donors (Lipinski definition) is 1. The first-order valence-corrected chi connectivity index (χ1v) is 6.28. The smallest absolute Gasteiger partial charge is 0.352 e. The predicted octanol–water partition coefficient (Wildman–Crippen LogP) is 0.822. The number of morpholine rings is 1. The molecule has 1 aliphatic rings. The van der Waals surface area contributed by atoms with Crippen LogP contribution in [0.1, 0.15) is 24.3 Å². The van der Waals surface area contributed by atoms with Crippen molar-refractivity contribution in [1.82, 2.24) is 9.47 Å². The normalized spacial score (nSPS) is 23.4. The van der Waals surface area contributed by atoms with E-state index in [2.05, 4.69) is 0 Å². The van der Waals surface area contributed by atoms with E-state index in [0.29, 0.717) is 13.2 Å². The molecule has 0 saturated carbocycles. The van der Waals surface area contributed by atoms with Gasteiger partial charge in [0, 0.05) is 12.7 Å². The van der Waals surface area contributed by atoms with Gasteiger partial charge >= 0.3 is 5.97 Å². The summed E-state index contributed by atoms with van der Waals surface area (Å²) in [5.41, 5.74) is 0.127. The number of carboxylic acids is 1. The SMILES string of the molecule is CC1CN(C(=O)Cn2cccc2C(=O)O)C(C)CO1. The molecule has 1 aromatic heterocycles. The molecule has 2 unspecified atom stereocenters. The van der Waals surface area contributed by atoms with Crippen molar-refractivity contribution < 1.29 is 19.4 Å². The topological polar surface area (TPSA) is 71.8 Å². The molecular weight excluding hydrogens is 248 g/mol. The van der Waals surface area contributed by atoms with Crippen LogP contribution >= 0.6 is 0 Å². The van der Waals surface area contributed by atoms with Crippen molar-refractivity contribution in [2.75, 3.05) is 13.2 Å². The van der Waals surface area contributed by atoms with E-state index in [4.69, 9.17) is 9.84 Å². The molecule has 1 fully saturated rings. The first-order valence-electron chi connectivity index (χ1n) is 6.28. The van der Waals surface area contributed by atoms with Crippen LogP contribution in [0, 0.1) is 0 Å². The van der Waals surface area contributed by atoms with E-state index < -0.39 is 5.97 Å². The number of aromatic carboxylic acids is 1. The van der Waals surface area contributed by atoms with Gasteiger partial charge in [-0.05, 0) is 26.0 Å². The Kier molecular flexibility index (Phi) is 3.90. The largest absolute Gasteiger partial charge is 0.477 e. The fourth-order valence-electron chi connectivity index (χ4n) is 2.23. The van der Waals surface area contributed by atoms with Crippen molar-refractivity contribution in [3.63, 3.8) is 0 Å². The second kappa shape index (κ2) is 5.44. The molecule has 2 heterocycles. The van der Waals surface area contributed by atoms with Gasteiger partial charge in [-0.2, -0.15) is 0 Å². The lowest BCUT2D eigenvalue weighted by Crippen LogP contribution is -2.51. The molecule has 1 amide bonds. The van der Waals surface area contributed by atoms with Gasteiger partial charge in [-0.25, -0.2) is 4.79 Å². The lowest BCUT2D eigenvalue weighted by Gasteiger charge is -2.37. The molecule has 19 heavy (non-hydrogen) atoms. The van der Waals surface area contributed by atoms with Crippen LogP contribution in [0.15, 0.2) is 18.3 Å². The summed E-state index contributed by atoms with van der Waals surface area (Å²) in [6.07, 6.45) is 1.62. The molecule has 104 valence electrons. The summed E-state index contributed by atoms with van der Waals surface area (Å²) < 4.78 is 6.93. The third-order valence-corrected chi connectivity index (χ3v) is 3.28. The number of nitrogens with zero attached hydrogens (tertiary/aromatic N) is 2. The molecule has 0 radical (unpaired) electrons. The van der Waals surface area contributed by atoms with Crippen LogP contribution in [0.5, 0.6) is 0 Å². The van der Waals surface area contributed by atoms with Gasteiger partial charge < -0.3 is 19.3 Å². The molecular formula is C13H18N2O4. The number of aromatic nitrogens is 1. The van der Waals surface area contributed by atoms with Crippen LogP contribution in [-0.4, -0.2) is 51.7 Å². The Bertz CT molecular complexity index is 483. The molecule has 1 saturated heterocycles. The highest BCUT2D eigenvalue weighted by atomic mass is 16.5. The van der Waals surface area contributed by atoms with Crippen molar-refractivity contribution in [1.29, 1.82) is 0 Å². The van der Waals surface area contributed by atoms with Crippen molar-refractivity contribution in [3.8, 4) is 0 Å². The molecule has 0 aliphatic carbocycles. The maximum absolute atomic E-state index is 12.3. The Hall–Kier alpha value is -1.82. The highest BCUT2D eigenvalue weighted by Crippen LogP contribution is 2.13. The maximum Gasteiger partial charge on any atom is 0.352 e. The number of carboxylic acid groups (broad SMARTS) is 1. The molecule has 0 bridgehead atoms. The minimum atomic E-state index is -1.03. The fourth-order valence-corrected chi connectivity index (χ4v) is 2.23. The monoisotopic (exact) mass is 266 g/mol. The van der Waals surface area contributed by atoms with Crippen LogP contribution in [0.3, 0.4) is 0 Å². The van der Waals surface area contributed by atoms with E-state index in [0.717, 1.165) is 0 Å². The lowest BCUT2D eigenvalue weighted by molar-refractivity contribution is -0.143. The number of carbonyl (C=O) groups is 2. The van der Waals surface area contributed by atoms with Crippen LogP contribution in [0.25, 0.3) is 0 Å². The highest BCUT2D eigenvalue weighted by molar-refractivity contribution is 5.87. The second-order valence-electron chi connectivity index (χ2n) is 4.87. The van der Waals surface area contributed by atoms with E-state index in [9.17, 15) is 9.59 Å². The molecule has 1 aliphatic heterocycles. The Labute approximate surface area is 111 Å². The van der Waals surface area contributed by atoms with E-state index >= 15 is 0 Å². The Morgan fingerprint density at radius 3 is 2.89 bits per heavy atom. The lowest BCUT2D eigenvalue weighted by atomic mass is 10.2. The van der Waals surface area contributed by atoms with Gasteiger partial charge in [0.2, 0.25) is 5.91 Å². The van der Waals surface area contributed by atoms with Gasteiger partial charge in [0.15, 0.2) is 0 Å². The van der Waals surface area contributed by atoms with Gasteiger partial charge in [-0.1, -0.05) is 0 Å². The molecule has 6 nitrogen and oxygen atoms in total. The summed E-state index contributed by atoms with van der Waals surface area (Å²) in [5, 5.41) is 9.01. The number of amides is 1. The molecule has 1 N–H and O–H groups in total. The van der Waals surface area contributed by atoms with Gasteiger partial charge in [0.05, 0.1) is 18.8 Å².